The molecule has 3 rings (SSSR count). The fourth-order valence-corrected chi connectivity index (χ4v) is 3.30. The van der Waals surface area contributed by atoms with E-state index in [1.807, 2.05) is 42.8 Å². The van der Waals surface area contributed by atoms with Crippen LogP contribution in [-0.4, -0.2) is 27.3 Å². The van der Waals surface area contributed by atoms with Gasteiger partial charge in [0.2, 0.25) is 0 Å². The second-order valence-corrected chi connectivity index (χ2v) is 7.59. The molecule has 1 aromatic carbocycles. The number of halogens is 2. The van der Waals surface area contributed by atoms with Gasteiger partial charge in [0.25, 0.3) is 0 Å². The quantitative estimate of drug-likeness (QED) is 0.276. The Morgan fingerprint density at radius 3 is 2.61 bits per heavy atom. The standard InChI is InChI=1S/C19H23ClN6S.HI/c1-14-24-25-18(26(14)2)13-23-19(21-10-9-17-4-3-11-27-17)22-12-15-5-7-16(20)8-6-15;/h3-8,11H,9-10,12-13H2,1-2H3,(H2,21,22,23);1H. The van der Waals surface area contributed by atoms with Gasteiger partial charge in [0.15, 0.2) is 11.8 Å². The summed E-state index contributed by atoms with van der Waals surface area (Å²) < 4.78 is 1.97. The molecule has 0 saturated carbocycles. The number of guanidine groups is 1. The molecule has 0 aliphatic carbocycles. The van der Waals surface area contributed by atoms with Gasteiger partial charge in [0.05, 0.1) is 13.1 Å². The van der Waals surface area contributed by atoms with Crippen LogP contribution in [0, 0.1) is 6.92 Å². The Morgan fingerprint density at radius 1 is 1.18 bits per heavy atom. The summed E-state index contributed by atoms with van der Waals surface area (Å²) in [5.41, 5.74) is 1.10. The molecule has 3 aromatic rings. The van der Waals surface area contributed by atoms with Crippen molar-refractivity contribution >= 4 is 52.9 Å². The molecule has 0 amide bonds. The van der Waals surface area contributed by atoms with Crippen LogP contribution in [0.2, 0.25) is 5.02 Å². The Balaban J connectivity index is 0.00000280. The Labute approximate surface area is 191 Å². The van der Waals surface area contributed by atoms with E-state index in [0.29, 0.717) is 13.1 Å². The van der Waals surface area contributed by atoms with Crippen LogP contribution in [0.4, 0.5) is 0 Å². The summed E-state index contributed by atoms with van der Waals surface area (Å²) in [4.78, 5) is 6.04. The van der Waals surface area contributed by atoms with E-state index < -0.39 is 0 Å². The summed E-state index contributed by atoms with van der Waals surface area (Å²) in [6, 6.07) is 12.0. The minimum absolute atomic E-state index is 0. The Kier molecular flexibility index (Phi) is 9.20. The maximum Gasteiger partial charge on any atom is 0.191 e. The minimum atomic E-state index is 0. The SMILES string of the molecule is Cc1nnc(CNC(=NCc2ccc(Cl)cc2)NCCc2cccs2)n1C.I. The lowest BCUT2D eigenvalue weighted by Gasteiger charge is -2.12. The molecule has 0 atom stereocenters. The molecule has 0 aliphatic rings. The van der Waals surface area contributed by atoms with Crippen LogP contribution in [0.3, 0.4) is 0 Å². The molecular formula is C19H24ClIN6S. The molecule has 0 fully saturated rings. The van der Waals surface area contributed by atoms with Crippen molar-refractivity contribution in [2.75, 3.05) is 6.54 Å². The molecule has 2 heterocycles. The topological polar surface area (TPSA) is 67.1 Å². The fourth-order valence-electron chi connectivity index (χ4n) is 2.46. The van der Waals surface area contributed by atoms with Gasteiger partial charge in [-0.25, -0.2) is 4.99 Å². The zero-order valence-corrected chi connectivity index (χ0v) is 19.8. The van der Waals surface area contributed by atoms with E-state index in [-0.39, 0.29) is 24.0 Å². The van der Waals surface area contributed by atoms with Crippen molar-refractivity contribution in [2.24, 2.45) is 12.0 Å². The number of aromatic nitrogens is 3. The van der Waals surface area contributed by atoms with E-state index in [1.54, 1.807) is 11.3 Å². The average molecular weight is 531 g/mol. The van der Waals surface area contributed by atoms with E-state index in [0.717, 1.165) is 41.2 Å². The lowest BCUT2D eigenvalue weighted by Crippen LogP contribution is -2.38. The molecular weight excluding hydrogens is 507 g/mol. The van der Waals surface area contributed by atoms with Crippen molar-refractivity contribution in [3.8, 4) is 0 Å². The number of aliphatic imine (C=N–C) groups is 1. The maximum atomic E-state index is 5.95. The van der Waals surface area contributed by atoms with Gasteiger partial charge in [-0.1, -0.05) is 29.8 Å². The molecule has 0 bridgehead atoms. The van der Waals surface area contributed by atoms with E-state index in [9.17, 15) is 0 Å². The number of hydrogen-bond acceptors (Lipinski definition) is 4. The number of thiophene rings is 1. The molecule has 2 N–H and O–H groups in total. The molecule has 6 nitrogen and oxygen atoms in total. The summed E-state index contributed by atoms with van der Waals surface area (Å²) in [6.07, 6.45) is 0.961. The first-order valence-corrected chi connectivity index (χ1v) is 10.0. The highest BCUT2D eigenvalue weighted by Crippen LogP contribution is 2.10. The summed E-state index contributed by atoms with van der Waals surface area (Å²) in [7, 11) is 1.96. The largest absolute Gasteiger partial charge is 0.356 e. The molecule has 0 unspecified atom stereocenters. The van der Waals surface area contributed by atoms with Gasteiger partial charge in [-0.05, 0) is 42.5 Å². The van der Waals surface area contributed by atoms with E-state index >= 15 is 0 Å². The first kappa shape index (κ1) is 22.6. The van der Waals surface area contributed by atoms with Gasteiger partial charge in [-0.15, -0.1) is 45.5 Å². The number of hydrogen-bond donors (Lipinski definition) is 2. The molecule has 28 heavy (non-hydrogen) atoms. The monoisotopic (exact) mass is 530 g/mol. The van der Waals surface area contributed by atoms with Crippen molar-refractivity contribution in [1.29, 1.82) is 0 Å². The van der Waals surface area contributed by atoms with Crippen LogP contribution in [-0.2, 0) is 26.6 Å². The maximum absolute atomic E-state index is 5.95. The van der Waals surface area contributed by atoms with Gasteiger partial charge in [-0.2, -0.15) is 0 Å². The lowest BCUT2D eigenvalue weighted by molar-refractivity contribution is 0.713. The number of nitrogens with zero attached hydrogens (tertiary/aromatic N) is 4. The van der Waals surface area contributed by atoms with E-state index in [2.05, 4.69) is 38.3 Å². The third-order valence-corrected chi connectivity index (χ3v) is 5.36. The third kappa shape index (κ3) is 6.75. The minimum Gasteiger partial charge on any atom is -0.356 e. The predicted octanol–water partition coefficient (Wildman–Crippen LogP) is 3.93. The van der Waals surface area contributed by atoms with Crippen molar-refractivity contribution in [1.82, 2.24) is 25.4 Å². The Bertz CT molecular complexity index is 876. The molecule has 0 saturated heterocycles. The van der Waals surface area contributed by atoms with Crippen LogP contribution in [0.25, 0.3) is 0 Å². The van der Waals surface area contributed by atoms with E-state index in [1.165, 1.54) is 4.88 Å². The number of rotatable bonds is 7. The average Bonchev–Trinajstić information content (AvgIpc) is 3.29. The molecule has 0 spiro atoms. The molecule has 2 aromatic heterocycles. The van der Waals surface area contributed by atoms with Crippen molar-refractivity contribution < 1.29 is 0 Å². The number of aryl methyl sites for hydroxylation is 1. The van der Waals surface area contributed by atoms with Crippen LogP contribution in [0.5, 0.6) is 0 Å². The van der Waals surface area contributed by atoms with E-state index in [4.69, 9.17) is 16.6 Å². The van der Waals surface area contributed by atoms with Crippen LogP contribution < -0.4 is 10.6 Å². The normalized spacial score (nSPS) is 11.2. The van der Waals surface area contributed by atoms with Crippen LogP contribution in [0.1, 0.15) is 22.1 Å². The van der Waals surface area contributed by atoms with Gasteiger partial charge < -0.3 is 15.2 Å². The van der Waals surface area contributed by atoms with Crippen LogP contribution >= 0.6 is 46.9 Å². The summed E-state index contributed by atoms with van der Waals surface area (Å²) in [6.45, 7) is 3.88. The number of benzene rings is 1. The van der Waals surface area contributed by atoms with Gasteiger partial charge in [0.1, 0.15) is 5.82 Å². The predicted molar refractivity (Wildman–Crippen MR) is 127 cm³/mol. The highest BCUT2D eigenvalue weighted by atomic mass is 127. The Hall–Kier alpha value is -1.65. The third-order valence-electron chi connectivity index (χ3n) is 4.17. The molecule has 0 aliphatic heterocycles. The zero-order valence-electron chi connectivity index (χ0n) is 15.9. The highest BCUT2D eigenvalue weighted by Gasteiger charge is 2.06. The van der Waals surface area contributed by atoms with Gasteiger partial charge >= 0.3 is 0 Å². The van der Waals surface area contributed by atoms with Crippen molar-refractivity contribution in [3.63, 3.8) is 0 Å². The van der Waals surface area contributed by atoms with Gasteiger partial charge in [-0.3, -0.25) is 0 Å². The van der Waals surface area contributed by atoms with Crippen molar-refractivity contribution in [2.45, 2.75) is 26.4 Å². The van der Waals surface area contributed by atoms with Gasteiger partial charge in [0, 0.05) is 23.5 Å². The molecule has 150 valence electrons. The highest BCUT2D eigenvalue weighted by molar-refractivity contribution is 14.0. The molecule has 0 radical (unpaired) electrons. The number of nitrogens with one attached hydrogen (secondary N) is 2. The first-order chi connectivity index (χ1) is 13.1. The van der Waals surface area contributed by atoms with Crippen LogP contribution in [0.15, 0.2) is 46.8 Å². The molecule has 9 heteroatoms. The lowest BCUT2D eigenvalue weighted by atomic mass is 10.2. The summed E-state index contributed by atoms with van der Waals surface area (Å²) in [5, 5.41) is 17.9. The van der Waals surface area contributed by atoms with Crippen molar-refractivity contribution in [3.05, 3.63) is 68.9 Å². The zero-order chi connectivity index (χ0) is 19.1. The second-order valence-electron chi connectivity index (χ2n) is 6.12. The fraction of sp³-hybridized carbons (Fsp3) is 0.316. The Morgan fingerprint density at radius 2 is 1.96 bits per heavy atom. The second kappa shape index (κ2) is 11.4. The first-order valence-electron chi connectivity index (χ1n) is 8.75. The smallest absolute Gasteiger partial charge is 0.191 e. The summed E-state index contributed by atoms with van der Waals surface area (Å²) >= 11 is 7.72. The summed E-state index contributed by atoms with van der Waals surface area (Å²) in [5.74, 6) is 2.51.